The number of imidazole rings is 1. The summed E-state index contributed by atoms with van der Waals surface area (Å²) in [7, 11) is -13.7. The minimum Gasteiger partial charge on any atom is -0.328 e. The Bertz CT molecular complexity index is 1160. The third-order valence-electron chi connectivity index (χ3n) is 3.19. The summed E-state index contributed by atoms with van der Waals surface area (Å²) < 4.78 is 47.9. The molecule has 0 fully saturated rings. The molecule has 2 aromatic rings. The van der Waals surface area contributed by atoms with Crippen LogP contribution in [0, 0.1) is 0 Å². The van der Waals surface area contributed by atoms with Gasteiger partial charge in [0.1, 0.15) is 0 Å². The van der Waals surface area contributed by atoms with E-state index in [4.69, 9.17) is 14.7 Å². The van der Waals surface area contributed by atoms with Crippen LogP contribution in [0.2, 0.25) is 0 Å². The maximum atomic E-state index is 12.4. The Hall–Kier alpha value is -1.44. The SMILES string of the molecule is Cn1cnc2c1c(=O)n(CCOP(=O)(O)OP(=O)(O)OP(=O)(O)O)c(=O)n2C. The van der Waals surface area contributed by atoms with Crippen molar-refractivity contribution in [3.63, 3.8) is 0 Å². The Morgan fingerprint density at radius 3 is 2.21 bits per heavy atom. The van der Waals surface area contributed by atoms with Gasteiger partial charge in [0.15, 0.2) is 11.2 Å². The van der Waals surface area contributed by atoms with Crippen LogP contribution in [0.15, 0.2) is 15.9 Å². The zero-order valence-electron chi connectivity index (χ0n) is 14.2. The van der Waals surface area contributed by atoms with Crippen LogP contribution in [0.5, 0.6) is 0 Å². The Balaban J connectivity index is 2.17. The van der Waals surface area contributed by atoms with Crippen molar-refractivity contribution in [2.45, 2.75) is 6.54 Å². The maximum Gasteiger partial charge on any atom is 0.490 e. The number of phosphoric acid groups is 3. The fourth-order valence-corrected chi connectivity index (χ4v) is 5.15. The topological polar surface area (TPSA) is 222 Å². The monoisotopic (exact) mass is 464 g/mol. The molecule has 0 amide bonds. The van der Waals surface area contributed by atoms with Gasteiger partial charge in [-0.3, -0.25) is 18.5 Å². The maximum absolute atomic E-state index is 12.4. The molecule has 0 spiro atoms. The number of aryl methyl sites for hydroxylation is 2. The first-order valence-electron chi connectivity index (χ1n) is 7.03. The average Bonchev–Trinajstić information content (AvgIpc) is 2.86. The second kappa shape index (κ2) is 7.76. The molecule has 0 aromatic carbocycles. The van der Waals surface area contributed by atoms with Crippen molar-refractivity contribution in [2.24, 2.45) is 14.1 Å². The van der Waals surface area contributed by atoms with Crippen molar-refractivity contribution in [2.75, 3.05) is 6.61 Å². The van der Waals surface area contributed by atoms with Gasteiger partial charge in [-0.25, -0.2) is 23.5 Å². The standard InChI is InChI=1S/C9H15N4O12P3/c1-11-5-10-7-6(11)8(14)13(9(15)12(7)2)3-4-23-27(19,20)25-28(21,22)24-26(16,17)18/h5H,3-4H2,1-2H3,(H,19,20)(H,21,22)(H2,16,17,18). The molecule has 4 N–H and O–H groups in total. The number of nitrogens with zero attached hydrogens (tertiary/aromatic N) is 4. The van der Waals surface area contributed by atoms with Gasteiger partial charge < -0.3 is 24.1 Å². The second-order valence-corrected chi connectivity index (χ2v) is 9.67. The van der Waals surface area contributed by atoms with Crippen LogP contribution in [-0.4, -0.2) is 44.9 Å². The van der Waals surface area contributed by atoms with Gasteiger partial charge in [-0.1, -0.05) is 0 Å². The summed E-state index contributed by atoms with van der Waals surface area (Å²) in [4.78, 5) is 63.8. The van der Waals surface area contributed by atoms with Gasteiger partial charge in [0.05, 0.1) is 19.5 Å². The largest absolute Gasteiger partial charge is 0.490 e. The fraction of sp³-hybridized carbons (Fsp3) is 0.444. The average molecular weight is 464 g/mol. The molecule has 0 aliphatic carbocycles. The minimum atomic E-state index is -5.65. The molecule has 0 aliphatic heterocycles. The molecule has 0 radical (unpaired) electrons. The van der Waals surface area contributed by atoms with E-state index < -0.39 is 47.9 Å². The summed E-state index contributed by atoms with van der Waals surface area (Å²) in [6.45, 7) is -1.38. The van der Waals surface area contributed by atoms with E-state index in [1.807, 2.05) is 0 Å². The first-order chi connectivity index (χ1) is 12.6. The van der Waals surface area contributed by atoms with E-state index in [9.17, 15) is 28.2 Å². The summed E-state index contributed by atoms with van der Waals surface area (Å²) in [5.41, 5.74) is -1.40. The Labute approximate surface area is 155 Å². The second-order valence-electron chi connectivity index (χ2n) is 5.25. The lowest BCUT2D eigenvalue weighted by molar-refractivity contribution is 0.167. The third kappa shape index (κ3) is 5.33. The third-order valence-corrected chi connectivity index (χ3v) is 7.02. The highest BCUT2D eigenvalue weighted by molar-refractivity contribution is 7.66. The first-order valence-corrected chi connectivity index (χ1v) is 11.5. The lowest BCUT2D eigenvalue weighted by atomic mass is 10.5. The molecular formula is C9H15N4O12P3. The molecule has 2 unspecified atom stereocenters. The molecule has 28 heavy (non-hydrogen) atoms. The van der Waals surface area contributed by atoms with E-state index in [2.05, 4.69) is 18.1 Å². The summed E-state index contributed by atoms with van der Waals surface area (Å²) in [5.74, 6) is 0. The Kier molecular flexibility index (Phi) is 6.34. The zero-order chi connectivity index (χ0) is 21.5. The number of rotatable bonds is 8. The van der Waals surface area contributed by atoms with Gasteiger partial charge >= 0.3 is 29.2 Å². The quantitative estimate of drug-likeness (QED) is 0.337. The van der Waals surface area contributed by atoms with E-state index in [-0.39, 0.29) is 11.2 Å². The van der Waals surface area contributed by atoms with Crippen molar-refractivity contribution >= 4 is 34.6 Å². The molecule has 0 bridgehead atoms. The van der Waals surface area contributed by atoms with Crippen molar-refractivity contribution < 1.29 is 46.4 Å². The van der Waals surface area contributed by atoms with Crippen LogP contribution >= 0.6 is 23.5 Å². The molecule has 2 atom stereocenters. The normalized spacial score (nSPS) is 16.8. The lowest BCUT2D eigenvalue weighted by Gasteiger charge is -2.16. The summed E-state index contributed by atoms with van der Waals surface area (Å²) in [5, 5.41) is 0. The van der Waals surface area contributed by atoms with Crippen molar-refractivity contribution in [1.29, 1.82) is 0 Å². The van der Waals surface area contributed by atoms with E-state index in [0.29, 0.717) is 4.57 Å². The Morgan fingerprint density at radius 1 is 1.04 bits per heavy atom. The van der Waals surface area contributed by atoms with E-state index >= 15 is 0 Å². The molecule has 0 aliphatic rings. The first kappa shape index (κ1) is 22.8. The Morgan fingerprint density at radius 2 is 1.64 bits per heavy atom. The van der Waals surface area contributed by atoms with E-state index in [1.54, 1.807) is 0 Å². The van der Waals surface area contributed by atoms with Gasteiger partial charge in [0.25, 0.3) is 5.56 Å². The number of fused-ring (bicyclic) bond motifs is 1. The molecule has 2 rings (SSSR count). The highest BCUT2D eigenvalue weighted by Crippen LogP contribution is 2.66. The number of phosphoric ester groups is 1. The molecule has 2 aromatic heterocycles. The van der Waals surface area contributed by atoms with Gasteiger partial charge in [-0.2, -0.15) is 8.62 Å². The van der Waals surface area contributed by atoms with Crippen molar-refractivity contribution in [3.8, 4) is 0 Å². The highest BCUT2D eigenvalue weighted by atomic mass is 31.3. The number of hydrogen-bond donors (Lipinski definition) is 4. The molecule has 2 heterocycles. The van der Waals surface area contributed by atoms with Gasteiger partial charge in [0, 0.05) is 14.1 Å². The van der Waals surface area contributed by atoms with Gasteiger partial charge in [-0.05, 0) is 0 Å². The molecular weight excluding hydrogens is 449 g/mol. The van der Waals surface area contributed by atoms with Crippen LogP contribution in [0.25, 0.3) is 11.2 Å². The predicted octanol–water partition coefficient (Wildman–Crippen LogP) is -1.22. The molecule has 16 nitrogen and oxygen atoms in total. The minimum absolute atomic E-state index is 0.0698. The lowest BCUT2D eigenvalue weighted by Crippen LogP contribution is -2.40. The zero-order valence-corrected chi connectivity index (χ0v) is 16.9. The van der Waals surface area contributed by atoms with Crippen molar-refractivity contribution in [1.82, 2.24) is 18.7 Å². The molecule has 158 valence electrons. The summed E-state index contributed by atoms with van der Waals surface area (Å²) in [6, 6.07) is 0. The van der Waals surface area contributed by atoms with E-state index in [1.165, 1.54) is 25.0 Å². The molecule has 0 saturated heterocycles. The van der Waals surface area contributed by atoms with Crippen LogP contribution in [-0.2, 0) is 47.5 Å². The number of aromatic nitrogens is 4. The summed E-state index contributed by atoms with van der Waals surface area (Å²) >= 11 is 0. The van der Waals surface area contributed by atoms with Crippen LogP contribution in [0.4, 0.5) is 0 Å². The highest BCUT2D eigenvalue weighted by Gasteiger charge is 2.40. The van der Waals surface area contributed by atoms with E-state index in [0.717, 1.165) is 4.57 Å². The summed E-state index contributed by atoms with van der Waals surface area (Å²) in [6.07, 6.45) is 1.31. The van der Waals surface area contributed by atoms with Crippen molar-refractivity contribution in [3.05, 3.63) is 27.2 Å². The van der Waals surface area contributed by atoms with Crippen LogP contribution in [0.1, 0.15) is 0 Å². The molecule has 19 heteroatoms. The fourth-order valence-electron chi connectivity index (χ4n) is 2.14. The van der Waals surface area contributed by atoms with Crippen LogP contribution in [0.3, 0.4) is 0 Å². The number of hydrogen-bond acceptors (Lipinski definition) is 9. The smallest absolute Gasteiger partial charge is 0.328 e. The van der Waals surface area contributed by atoms with Gasteiger partial charge in [0.2, 0.25) is 0 Å². The predicted molar refractivity (Wildman–Crippen MR) is 90.0 cm³/mol. The van der Waals surface area contributed by atoms with Gasteiger partial charge in [-0.15, -0.1) is 0 Å². The van der Waals surface area contributed by atoms with Crippen LogP contribution < -0.4 is 11.2 Å². The molecule has 0 saturated carbocycles.